The quantitative estimate of drug-likeness (QED) is 0.921. The van der Waals surface area contributed by atoms with Crippen molar-refractivity contribution in [2.75, 3.05) is 26.1 Å². The van der Waals surface area contributed by atoms with Crippen molar-refractivity contribution in [3.63, 3.8) is 0 Å². The van der Waals surface area contributed by atoms with Crippen molar-refractivity contribution in [3.8, 4) is 22.8 Å². The normalized spacial score (nSPS) is 13.5. The van der Waals surface area contributed by atoms with Crippen molar-refractivity contribution in [3.05, 3.63) is 23.8 Å². The SMILES string of the molecule is COCc1ccc2c(c1-c1cc(N)n(C)n1)OCCO2. The maximum absolute atomic E-state index is 5.88. The summed E-state index contributed by atoms with van der Waals surface area (Å²) in [7, 11) is 3.47. The van der Waals surface area contributed by atoms with E-state index in [1.807, 2.05) is 25.2 Å². The number of ether oxygens (including phenoxy) is 3. The Morgan fingerprint density at radius 2 is 2.15 bits per heavy atom. The molecule has 3 rings (SSSR count). The average Bonchev–Trinajstić information content (AvgIpc) is 2.78. The molecule has 1 aliphatic heterocycles. The maximum atomic E-state index is 5.88. The molecule has 1 aliphatic rings. The van der Waals surface area contributed by atoms with Gasteiger partial charge in [-0.2, -0.15) is 5.10 Å². The standard InChI is InChI=1S/C14H17N3O3/c1-17-12(15)7-10(16-17)13-9(8-18-2)3-4-11-14(13)20-6-5-19-11/h3-4,7H,5-6,8,15H2,1-2H3. The van der Waals surface area contributed by atoms with Gasteiger partial charge in [0.25, 0.3) is 0 Å². The van der Waals surface area contributed by atoms with E-state index in [1.54, 1.807) is 11.8 Å². The number of hydrogen-bond acceptors (Lipinski definition) is 5. The highest BCUT2D eigenvalue weighted by Crippen LogP contribution is 2.42. The lowest BCUT2D eigenvalue weighted by molar-refractivity contribution is 0.168. The van der Waals surface area contributed by atoms with E-state index in [0.717, 1.165) is 22.6 Å². The number of nitrogens with zero attached hydrogens (tertiary/aromatic N) is 2. The lowest BCUT2D eigenvalue weighted by Crippen LogP contribution is -2.16. The molecule has 0 saturated carbocycles. The highest BCUT2D eigenvalue weighted by atomic mass is 16.6. The van der Waals surface area contributed by atoms with Crippen LogP contribution in [0.2, 0.25) is 0 Å². The molecule has 0 bridgehead atoms. The summed E-state index contributed by atoms with van der Waals surface area (Å²) >= 11 is 0. The first-order valence-corrected chi connectivity index (χ1v) is 6.41. The highest BCUT2D eigenvalue weighted by Gasteiger charge is 2.22. The maximum Gasteiger partial charge on any atom is 0.171 e. The molecule has 6 nitrogen and oxygen atoms in total. The first kappa shape index (κ1) is 12.8. The summed E-state index contributed by atoms with van der Waals surface area (Å²) < 4.78 is 18.3. The molecule has 0 amide bonds. The Kier molecular flexibility index (Phi) is 3.23. The third-order valence-electron chi connectivity index (χ3n) is 3.27. The van der Waals surface area contributed by atoms with Crippen LogP contribution in [0.5, 0.6) is 11.5 Å². The second-order valence-corrected chi connectivity index (χ2v) is 4.63. The first-order valence-electron chi connectivity index (χ1n) is 6.41. The van der Waals surface area contributed by atoms with Crippen molar-refractivity contribution >= 4 is 5.82 Å². The monoisotopic (exact) mass is 275 g/mol. The van der Waals surface area contributed by atoms with Gasteiger partial charge in [0.2, 0.25) is 0 Å². The second kappa shape index (κ2) is 5.05. The van der Waals surface area contributed by atoms with E-state index in [1.165, 1.54) is 0 Å². The summed E-state index contributed by atoms with van der Waals surface area (Å²) in [5.41, 5.74) is 8.52. The van der Waals surface area contributed by atoms with Crippen molar-refractivity contribution in [2.24, 2.45) is 7.05 Å². The zero-order chi connectivity index (χ0) is 14.1. The first-order chi connectivity index (χ1) is 9.70. The topological polar surface area (TPSA) is 71.5 Å². The van der Waals surface area contributed by atoms with Gasteiger partial charge in [0.1, 0.15) is 19.0 Å². The molecule has 106 valence electrons. The van der Waals surface area contributed by atoms with E-state index in [2.05, 4.69) is 5.10 Å². The fraction of sp³-hybridized carbons (Fsp3) is 0.357. The van der Waals surface area contributed by atoms with Crippen molar-refractivity contribution in [1.82, 2.24) is 9.78 Å². The van der Waals surface area contributed by atoms with Crippen LogP contribution in [-0.2, 0) is 18.4 Å². The van der Waals surface area contributed by atoms with E-state index < -0.39 is 0 Å². The summed E-state index contributed by atoms with van der Waals surface area (Å²) in [6.45, 7) is 1.56. The minimum atomic E-state index is 0.475. The van der Waals surface area contributed by atoms with Crippen LogP contribution in [0.4, 0.5) is 5.82 Å². The molecular weight excluding hydrogens is 258 g/mol. The number of rotatable bonds is 3. The average molecular weight is 275 g/mol. The van der Waals surface area contributed by atoms with Crippen LogP contribution in [0.3, 0.4) is 0 Å². The van der Waals surface area contributed by atoms with Crippen LogP contribution in [0.15, 0.2) is 18.2 Å². The summed E-state index contributed by atoms with van der Waals surface area (Å²) in [6, 6.07) is 5.70. The van der Waals surface area contributed by atoms with E-state index in [0.29, 0.717) is 31.4 Å². The molecule has 1 aromatic heterocycles. The van der Waals surface area contributed by atoms with Gasteiger partial charge in [0.05, 0.1) is 17.9 Å². The van der Waals surface area contributed by atoms with E-state index in [-0.39, 0.29) is 0 Å². The largest absolute Gasteiger partial charge is 0.486 e. The van der Waals surface area contributed by atoms with E-state index >= 15 is 0 Å². The van der Waals surface area contributed by atoms with Gasteiger partial charge in [-0.05, 0) is 11.6 Å². The molecule has 0 radical (unpaired) electrons. The van der Waals surface area contributed by atoms with Gasteiger partial charge in [-0.15, -0.1) is 0 Å². The van der Waals surface area contributed by atoms with E-state index in [4.69, 9.17) is 19.9 Å². The Balaban J connectivity index is 2.19. The van der Waals surface area contributed by atoms with Crippen LogP contribution < -0.4 is 15.2 Å². The highest BCUT2D eigenvalue weighted by molar-refractivity contribution is 5.76. The zero-order valence-corrected chi connectivity index (χ0v) is 11.5. The number of aryl methyl sites for hydroxylation is 1. The molecule has 1 aromatic carbocycles. The van der Waals surface area contributed by atoms with E-state index in [9.17, 15) is 0 Å². The molecule has 20 heavy (non-hydrogen) atoms. The molecule has 6 heteroatoms. The summed E-state index contributed by atoms with van der Waals surface area (Å²) in [5.74, 6) is 2.04. The van der Waals surface area contributed by atoms with Crippen LogP contribution in [0.1, 0.15) is 5.56 Å². The lowest BCUT2D eigenvalue weighted by Gasteiger charge is -2.22. The molecular formula is C14H17N3O3. The molecule has 2 aromatic rings. The number of methoxy groups -OCH3 is 1. The van der Waals surface area contributed by atoms with Gasteiger partial charge < -0.3 is 19.9 Å². The Morgan fingerprint density at radius 1 is 1.35 bits per heavy atom. The predicted octanol–water partition coefficient (Wildman–Crippen LogP) is 1.59. The van der Waals surface area contributed by atoms with Crippen molar-refractivity contribution in [2.45, 2.75) is 6.61 Å². The van der Waals surface area contributed by atoms with Gasteiger partial charge in [-0.1, -0.05) is 6.07 Å². The van der Waals surface area contributed by atoms with Gasteiger partial charge in [-0.25, -0.2) is 0 Å². The molecule has 0 aliphatic carbocycles. The number of hydrogen-bond donors (Lipinski definition) is 1. The van der Waals surface area contributed by atoms with Gasteiger partial charge in [0.15, 0.2) is 11.5 Å². The fourth-order valence-corrected chi connectivity index (χ4v) is 2.32. The number of nitrogens with two attached hydrogens (primary N) is 1. The van der Waals surface area contributed by atoms with Crippen molar-refractivity contribution in [1.29, 1.82) is 0 Å². The molecule has 0 fully saturated rings. The molecule has 2 heterocycles. The molecule has 0 saturated heterocycles. The Morgan fingerprint density at radius 3 is 2.85 bits per heavy atom. The predicted molar refractivity (Wildman–Crippen MR) is 74.8 cm³/mol. The Bertz CT molecular complexity index is 617. The van der Waals surface area contributed by atoms with Crippen LogP contribution in [0, 0.1) is 0 Å². The molecule has 0 atom stereocenters. The number of nitrogen functional groups attached to an aromatic ring is 1. The van der Waals surface area contributed by atoms with Crippen LogP contribution >= 0.6 is 0 Å². The van der Waals surface area contributed by atoms with Gasteiger partial charge in [0, 0.05) is 20.2 Å². The third kappa shape index (κ3) is 2.08. The zero-order valence-electron chi connectivity index (χ0n) is 11.5. The van der Waals surface area contributed by atoms with Crippen LogP contribution in [0.25, 0.3) is 11.3 Å². The molecule has 2 N–H and O–H groups in total. The minimum absolute atomic E-state index is 0.475. The third-order valence-corrected chi connectivity index (χ3v) is 3.27. The molecule has 0 spiro atoms. The second-order valence-electron chi connectivity index (χ2n) is 4.63. The smallest absolute Gasteiger partial charge is 0.171 e. The molecule has 0 unspecified atom stereocenters. The van der Waals surface area contributed by atoms with Crippen molar-refractivity contribution < 1.29 is 14.2 Å². The van der Waals surface area contributed by atoms with Gasteiger partial charge in [-0.3, -0.25) is 4.68 Å². The summed E-state index contributed by atoms with van der Waals surface area (Å²) in [5, 5.41) is 4.43. The number of aromatic nitrogens is 2. The number of benzene rings is 1. The number of anilines is 1. The van der Waals surface area contributed by atoms with Gasteiger partial charge >= 0.3 is 0 Å². The summed E-state index contributed by atoms with van der Waals surface area (Å²) in [6.07, 6.45) is 0. The number of fused-ring (bicyclic) bond motifs is 1. The Labute approximate surface area is 117 Å². The van der Waals surface area contributed by atoms with Crippen LogP contribution in [-0.4, -0.2) is 30.1 Å². The summed E-state index contributed by atoms with van der Waals surface area (Å²) in [4.78, 5) is 0. The fourth-order valence-electron chi connectivity index (χ4n) is 2.32. The lowest BCUT2D eigenvalue weighted by atomic mass is 10.0. The Hall–Kier alpha value is -2.21. The minimum Gasteiger partial charge on any atom is -0.486 e.